The number of carbonyl (C=O) groups excluding carboxylic acids is 2. The van der Waals surface area contributed by atoms with Crippen LogP contribution in [0.25, 0.3) is 0 Å². The van der Waals surface area contributed by atoms with E-state index in [2.05, 4.69) is 15.1 Å². The lowest BCUT2D eigenvalue weighted by atomic mass is 10.2. The Morgan fingerprint density at radius 3 is 2.41 bits per heavy atom. The number of nitrogens with one attached hydrogen (secondary N) is 1. The highest BCUT2D eigenvalue weighted by Crippen LogP contribution is 2.22. The van der Waals surface area contributed by atoms with Gasteiger partial charge in [0.05, 0.1) is 26.3 Å². The van der Waals surface area contributed by atoms with Crippen molar-refractivity contribution in [2.24, 2.45) is 0 Å². The standard InChI is InChI=1S/C19H27ClN4O3/c1-15-16(20)3-2-4-17(15)21-18(25)13-22-5-7-24(8-6-22)19(26)14-23-9-11-27-12-10-23/h2-4H,5-14H2,1H3,(H,21,25). The van der Waals surface area contributed by atoms with E-state index in [0.29, 0.717) is 57.5 Å². The highest BCUT2D eigenvalue weighted by molar-refractivity contribution is 6.31. The molecule has 0 radical (unpaired) electrons. The maximum Gasteiger partial charge on any atom is 0.238 e. The van der Waals surface area contributed by atoms with E-state index in [4.69, 9.17) is 16.3 Å². The highest BCUT2D eigenvalue weighted by atomic mass is 35.5. The Morgan fingerprint density at radius 1 is 1.04 bits per heavy atom. The van der Waals surface area contributed by atoms with Crippen LogP contribution in [0.5, 0.6) is 0 Å². The molecule has 27 heavy (non-hydrogen) atoms. The summed E-state index contributed by atoms with van der Waals surface area (Å²) in [5.74, 6) is 0.101. The number of rotatable bonds is 5. The van der Waals surface area contributed by atoms with Crippen molar-refractivity contribution < 1.29 is 14.3 Å². The number of benzene rings is 1. The number of halogens is 1. The molecule has 8 heteroatoms. The van der Waals surface area contributed by atoms with Crippen molar-refractivity contribution >= 4 is 29.1 Å². The second-order valence-corrected chi connectivity index (χ2v) is 7.41. The fraction of sp³-hybridized carbons (Fsp3) is 0.579. The summed E-state index contributed by atoms with van der Waals surface area (Å²) in [5.41, 5.74) is 1.61. The molecule has 0 spiro atoms. The van der Waals surface area contributed by atoms with Crippen molar-refractivity contribution in [1.29, 1.82) is 0 Å². The van der Waals surface area contributed by atoms with Crippen LogP contribution in [0.1, 0.15) is 5.56 Å². The highest BCUT2D eigenvalue weighted by Gasteiger charge is 2.24. The van der Waals surface area contributed by atoms with Crippen LogP contribution < -0.4 is 5.32 Å². The van der Waals surface area contributed by atoms with E-state index >= 15 is 0 Å². The Bertz CT molecular complexity index is 671. The number of morpholine rings is 1. The van der Waals surface area contributed by atoms with Crippen molar-refractivity contribution in [3.8, 4) is 0 Å². The molecule has 7 nitrogen and oxygen atoms in total. The lowest BCUT2D eigenvalue weighted by Gasteiger charge is -2.36. The van der Waals surface area contributed by atoms with Crippen LogP contribution in [0, 0.1) is 6.92 Å². The molecule has 1 aromatic carbocycles. The Hall–Kier alpha value is -1.67. The Balaban J connectivity index is 1.41. The molecule has 0 saturated carbocycles. The number of hydrogen-bond acceptors (Lipinski definition) is 5. The van der Waals surface area contributed by atoms with Gasteiger partial charge >= 0.3 is 0 Å². The van der Waals surface area contributed by atoms with E-state index in [-0.39, 0.29) is 11.8 Å². The second kappa shape index (κ2) is 9.50. The molecule has 1 aromatic rings. The van der Waals surface area contributed by atoms with Crippen LogP contribution in [-0.4, -0.2) is 92.1 Å². The minimum absolute atomic E-state index is 0.0616. The van der Waals surface area contributed by atoms with Crippen LogP contribution in [-0.2, 0) is 14.3 Å². The van der Waals surface area contributed by atoms with Crippen LogP contribution in [0.15, 0.2) is 18.2 Å². The molecule has 0 bridgehead atoms. The Kier molecular flexibility index (Phi) is 7.07. The van der Waals surface area contributed by atoms with Crippen LogP contribution in [0.3, 0.4) is 0 Å². The van der Waals surface area contributed by atoms with Gasteiger partial charge < -0.3 is 15.0 Å². The zero-order chi connectivity index (χ0) is 19.2. The first kappa shape index (κ1) is 20.1. The third-order valence-corrected chi connectivity index (χ3v) is 5.51. The van der Waals surface area contributed by atoms with E-state index in [1.807, 2.05) is 24.0 Å². The fourth-order valence-corrected chi connectivity index (χ4v) is 3.52. The molecular weight excluding hydrogens is 368 g/mol. The summed E-state index contributed by atoms with van der Waals surface area (Å²) in [4.78, 5) is 30.9. The first-order valence-corrected chi connectivity index (χ1v) is 9.76. The van der Waals surface area contributed by atoms with Crippen molar-refractivity contribution in [2.45, 2.75) is 6.92 Å². The van der Waals surface area contributed by atoms with E-state index in [9.17, 15) is 9.59 Å². The Labute approximate surface area is 165 Å². The molecule has 2 fully saturated rings. The van der Waals surface area contributed by atoms with E-state index in [0.717, 1.165) is 24.3 Å². The SMILES string of the molecule is Cc1c(Cl)cccc1NC(=O)CN1CCN(C(=O)CN2CCOCC2)CC1. The quantitative estimate of drug-likeness (QED) is 0.809. The number of carbonyl (C=O) groups is 2. The first-order chi connectivity index (χ1) is 13.0. The van der Waals surface area contributed by atoms with Crippen LogP contribution in [0.4, 0.5) is 5.69 Å². The summed E-state index contributed by atoms with van der Waals surface area (Å²) in [6, 6.07) is 5.48. The van der Waals surface area contributed by atoms with Gasteiger partial charge in [-0.1, -0.05) is 17.7 Å². The molecule has 2 aliphatic heterocycles. The maximum absolute atomic E-state index is 12.4. The molecule has 0 unspecified atom stereocenters. The van der Waals surface area contributed by atoms with E-state index in [1.54, 1.807) is 6.07 Å². The number of ether oxygens (including phenoxy) is 1. The van der Waals surface area contributed by atoms with Gasteiger partial charge in [-0.3, -0.25) is 19.4 Å². The zero-order valence-electron chi connectivity index (χ0n) is 15.7. The van der Waals surface area contributed by atoms with Crippen LogP contribution in [0.2, 0.25) is 5.02 Å². The third-order valence-electron chi connectivity index (χ3n) is 5.10. The van der Waals surface area contributed by atoms with Gasteiger partial charge in [-0.15, -0.1) is 0 Å². The molecule has 2 amide bonds. The van der Waals surface area contributed by atoms with Crippen molar-refractivity contribution in [2.75, 3.05) is 70.9 Å². The molecule has 0 atom stereocenters. The predicted molar refractivity (Wildman–Crippen MR) is 105 cm³/mol. The van der Waals surface area contributed by atoms with Gasteiger partial charge in [0.1, 0.15) is 0 Å². The zero-order valence-corrected chi connectivity index (χ0v) is 16.5. The molecule has 0 aliphatic carbocycles. The summed E-state index contributed by atoms with van der Waals surface area (Å²) >= 11 is 6.10. The largest absolute Gasteiger partial charge is 0.379 e. The monoisotopic (exact) mass is 394 g/mol. The normalized spacial score (nSPS) is 19.1. The molecule has 2 saturated heterocycles. The predicted octanol–water partition coefficient (Wildman–Crippen LogP) is 1.06. The van der Waals surface area contributed by atoms with E-state index < -0.39 is 0 Å². The Morgan fingerprint density at radius 2 is 1.70 bits per heavy atom. The summed E-state index contributed by atoms with van der Waals surface area (Å²) in [6.45, 7) is 8.41. The third kappa shape index (κ3) is 5.65. The second-order valence-electron chi connectivity index (χ2n) is 7.01. The molecule has 3 rings (SSSR count). The van der Waals surface area contributed by atoms with Gasteiger partial charge in [0.25, 0.3) is 0 Å². The fourth-order valence-electron chi connectivity index (χ4n) is 3.34. The van der Waals surface area contributed by atoms with Crippen molar-refractivity contribution in [3.05, 3.63) is 28.8 Å². The number of piperazine rings is 1. The molecule has 1 N–H and O–H groups in total. The molecular formula is C19H27ClN4O3. The minimum Gasteiger partial charge on any atom is -0.379 e. The lowest BCUT2D eigenvalue weighted by molar-refractivity contribution is -0.135. The molecule has 2 aliphatic rings. The van der Waals surface area contributed by atoms with Gasteiger partial charge in [-0.05, 0) is 24.6 Å². The number of hydrogen-bond donors (Lipinski definition) is 1. The minimum atomic E-state index is -0.0616. The van der Waals surface area contributed by atoms with E-state index in [1.165, 1.54) is 0 Å². The number of amides is 2. The van der Waals surface area contributed by atoms with Gasteiger partial charge in [-0.2, -0.15) is 0 Å². The van der Waals surface area contributed by atoms with Crippen LogP contribution >= 0.6 is 11.6 Å². The van der Waals surface area contributed by atoms with Crippen molar-refractivity contribution in [3.63, 3.8) is 0 Å². The average molecular weight is 395 g/mol. The van der Waals surface area contributed by atoms with Gasteiger partial charge in [0.2, 0.25) is 11.8 Å². The van der Waals surface area contributed by atoms with Gasteiger partial charge in [0.15, 0.2) is 0 Å². The molecule has 2 heterocycles. The van der Waals surface area contributed by atoms with Gasteiger partial charge in [0, 0.05) is 50.0 Å². The topological polar surface area (TPSA) is 65.1 Å². The lowest BCUT2D eigenvalue weighted by Crippen LogP contribution is -2.53. The summed E-state index contributed by atoms with van der Waals surface area (Å²) in [6.07, 6.45) is 0. The summed E-state index contributed by atoms with van der Waals surface area (Å²) < 4.78 is 5.32. The first-order valence-electron chi connectivity index (χ1n) is 9.38. The molecule has 0 aromatic heterocycles. The number of anilines is 1. The summed E-state index contributed by atoms with van der Waals surface area (Å²) in [5, 5.41) is 3.56. The smallest absolute Gasteiger partial charge is 0.238 e. The molecule has 148 valence electrons. The van der Waals surface area contributed by atoms with Crippen molar-refractivity contribution in [1.82, 2.24) is 14.7 Å². The van der Waals surface area contributed by atoms with Gasteiger partial charge in [-0.25, -0.2) is 0 Å². The average Bonchev–Trinajstić information content (AvgIpc) is 2.67. The maximum atomic E-state index is 12.4. The summed E-state index contributed by atoms with van der Waals surface area (Å²) in [7, 11) is 0. The number of nitrogens with zero attached hydrogens (tertiary/aromatic N) is 3.